The third kappa shape index (κ3) is 7.67. The highest BCUT2D eigenvalue weighted by molar-refractivity contribution is 8.00. The van der Waals surface area contributed by atoms with Gasteiger partial charge in [0, 0.05) is 29.2 Å². The Morgan fingerprint density at radius 3 is 2.45 bits per heavy atom. The van der Waals surface area contributed by atoms with Crippen LogP contribution in [-0.4, -0.2) is 54.2 Å². The Bertz CT molecular complexity index is 670. The van der Waals surface area contributed by atoms with E-state index in [4.69, 9.17) is 0 Å². The molecule has 1 aromatic carbocycles. The molecule has 0 spiro atoms. The number of hydrogen-bond acceptors (Lipinski definition) is 4. The van der Waals surface area contributed by atoms with Gasteiger partial charge in [-0.1, -0.05) is 38.8 Å². The highest BCUT2D eigenvalue weighted by atomic mass is 32.2. The molecule has 162 valence electrons. The Kier molecular flexibility index (Phi) is 9.50. The molecule has 0 aliphatic carbocycles. The zero-order chi connectivity index (χ0) is 21.3. The molecule has 0 saturated carbocycles. The summed E-state index contributed by atoms with van der Waals surface area (Å²) >= 11 is 1.71. The molecule has 5 nitrogen and oxygen atoms in total. The van der Waals surface area contributed by atoms with Crippen LogP contribution >= 0.6 is 11.8 Å². The number of hydrogen-bond donors (Lipinski definition) is 1. The molecule has 0 bridgehead atoms. The summed E-state index contributed by atoms with van der Waals surface area (Å²) < 4.78 is -0.183. The first-order valence-corrected chi connectivity index (χ1v) is 11.8. The summed E-state index contributed by atoms with van der Waals surface area (Å²) in [5, 5.41) is 3.02. The number of carbonyl (C=O) groups excluding carboxylic acids is 2. The van der Waals surface area contributed by atoms with Gasteiger partial charge in [0.2, 0.25) is 11.8 Å². The molecule has 0 fully saturated rings. The van der Waals surface area contributed by atoms with Gasteiger partial charge in [-0.3, -0.25) is 9.59 Å². The summed E-state index contributed by atoms with van der Waals surface area (Å²) in [7, 11) is 0. The predicted octanol–water partition coefficient (Wildman–Crippen LogP) is 4.31. The van der Waals surface area contributed by atoms with E-state index in [9.17, 15) is 9.59 Å². The predicted molar refractivity (Wildman–Crippen MR) is 123 cm³/mol. The highest BCUT2D eigenvalue weighted by Gasteiger charge is 2.33. The number of nitrogens with one attached hydrogen (secondary N) is 1. The standard InChI is InChI=1S/C23H37N3O2S/c1-5-7-14-25(15-8-6-2)16-13-24-21(27)18-26-19-11-9-10-12-20(19)29-23(3,4)17-22(26)28/h9-12H,5-8,13-18H2,1-4H3,(H,24,27). The van der Waals surface area contributed by atoms with E-state index in [-0.39, 0.29) is 23.1 Å². The number of benzene rings is 1. The van der Waals surface area contributed by atoms with Gasteiger partial charge < -0.3 is 15.1 Å². The van der Waals surface area contributed by atoms with Gasteiger partial charge in [-0.2, -0.15) is 0 Å². The zero-order valence-electron chi connectivity index (χ0n) is 18.5. The molecule has 0 radical (unpaired) electrons. The van der Waals surface area contributed by atoms with Crippen molar-refractivity contribution in [3.8, 4) is 0 Å². The largest absolute Gasteiger partial charge is 0.353 e. The minimum atomic E-state index is -0.183. The normalized spacial score (nSPS) is 15.9. The van der Waals surface area contributed by atoms with Crippen LogP contribution in [0.3, 0.4) is 0 Å². The van der Waals surface area contributed by atoms with Crippen molar-refractivity contribution in [1.29, 1.82) is 0 Å². The molecule has 29 heavy (non-hydrogen) atoms. The maximum absolute atomic E-state index is 12.9. The molecule has 0 aromatic heterocycles. The Balaban J connectivity index is 1.94. The number of carbonyl (C=O) groups is 2. The molecule has 1 aromatic rings. The summed E-state index contributed by atoms with van der Waals surface area (Å²) in [4.78, 5) is 30.6. The Morgan fingerprint density at radius 2 is 1.79 bits per heavy atom. The van der Waals surface area contributed by atoms with Gasteiger partial charge in [-0.25, -0.2) is 0 Å². The van der Waals surface area contributed by atoms with E-state index in [1.807, 2.05) is 24.3 Å². The first-order valence-electron chi connectivity index (χ1n) is 10.9. The third-order valence-corrected chi connectivity index (χ3v) is 6.39. The van der Waals surface area contributed by atoms with Gasteiger partial charge in [0.15, 0.2) is 0 Å². The smallest absolute Gasteiger partial charge is 0.240 e. The van der Waals surface area contributed by atoms with Gasteiger partial charge in [-0.05, 0) is 51.9 Å². The van der Waals surface area contributed by atoms with E-state index in [1.54, 1.807) is 16.7 Å². The van der Waals surface area contributed by atoms with Crippen molar-refractivity contribution in [3.63, 3.8) is 0 Å². The number of amides is 2. The number of para-hydroxylation sites is 1. The van der Waals surface area contributed by atoms with Crippen LogP contribution in [-0.2, 0) is 9.59 Å². The van der Waals surface area contributed by atoms with Crippen LogP contribution in [0.4, 0.5) is 5.69 Å². The molecule has 0 saturated heterocycles. The lowest BCUT2D eigenvalue weighted by Gasteiger charge is -2.24. The number of anilines is 1. The molecule has 1 aliphatic rings. The van der Waals surface area contributed by atoms with Crippen LogP contribution in [0.25, 0.3) is 0 Å². The first-order chi connectivity index (χ1) is 13.9. The van der Waals surface area contributed by atoms with Crippen LogP contribution in [0.5, 0.6) is 0 Å². The molecule has 0 unspecified atom stereocenters. The van der Waals surface area contributed by atoms with Crippen molar-refractivity contribution >= 4 is 29.3 Å². The number of fused-ring (bicyclic) bond motifs is 1. The molecule has 2 rings (SSSR count). The SMILES string of the molecule is CCCCN(CCCC)CCNC(=O)CN1C(=O)CC(C)(C)Sc2ccccc21. The van der Waals surface area contributed by atoms with E-state index in [2.05, 4.69) is 37.9 Å². The molecule has 2 amide bonds. The van der Waals surface area contributed by atoms with E-state index in [0.29, 0.717) is 13.0 Å². The quantitative estimate of drug-likeness (QED) is 0.581. The Labute approximate surface area is 180 Å². The summed E-state index contributed by atoms with van der Waals surface area (Å²) in [6.07, 6.45) is 5.15. The van der Waals surface area contributed by atoms with Crippen molar-refractivity contribution in [3.05, 3.63) is 24.3 Å². The van der Waals surface area contributed by atoms with Gasteiger partial charge in [-0.15, -0.1) is 11.8 Å². The second kappa shape index (κ2) is 11.6. The molecule has 1 N–H and O–H groups in total. The van der Waals surface area contributed by atoms with E-state index >= 15 is 0 Å². The molecular formula is C23H37N3O2S. The van der Waals surface area contributed by atoms with Crippen LogP contribution < -0.4 is 10.2 Å². The lowest BCUT2D eigenvalue weighted by atomic mass is 10.1. The minimum Gasteiger partial charge on any atom is -0.353 e. The molecule has 6 heteroatoms. The van der Waals surface area contributed by atoms with Gasteiger partial charge in [0.1, 0.15) is 6.54 Å². The lowest BCUT2D eigenvalue weighted by molar-refractivity contribution is -0.124. The molecular weight excluding hydrogens is 382 g/mol. The third-order valence-electron chi connectivity index (χ3n) is 5.13. The van der Waals surface area contributed by atoms with Crippen molar-refractivity contribution in [2.24, 2.45) is 0 Å². The molecule has 1 heterocycles. The number of thioether (sulfide) groups is 1. The maximum Gasteiger partial charge on any atom is 0.240 e. The zero-order valence-corrected chi connectivity index (χ0v) is 19.3. The topological polar surface area (TPSA) is 52.7 Å². The van der Waals surface area contributed by atoms with Crippen molar-refractivity contribution in [2.45, 2.75) is 69.4 Å². The summed E-state index contributed by atoms with van der Waals surface area (Å²) in [5.41, 5.74) is 0.843. The van der Waals surface area contributed by atoms with E-state index in [1.165, 1.54) is 25.7 Å². The van der Waals surface area contributed by atoms with Crippen LogP contribution in [0.15, 0.2) is 29.2 Å². The Hall–Kier alpha value is -1.53. The second-order valence-electron chi connectivity index (χ2n) is 8.38. The van der Waals surface area contributed by atoms with Crippen molar-refractivity contribution in [1.82, 2.24) is 10.2 Å². The van der Waals surface area contributed by atoms with Crippen molar-refractivity contribution < 1.29 is 9.59 Å². The Morgan fingerprint density at radius 1 is 1.14 bits per heavy atom. The summed E-state index contributed by atoms with van der Waals surface area (Å²) in [6.45, 7) is 12.3. The fourth-order valence-corrected chi connectivity index (χ4v) is 4.74. The fraction of sp³-hybridized carbons (Fsp3) is 0.652. The summed E-state index contributed by atoms with van der Waals surface area (Å²) in [5.74, 6) is -0.0843. The number of nitrogens with zero attached hydrogens (tertiary/aromatic N) is 2. The second-order valence-corrected chi connectivity index (χ2v) is 10.1. The first kappa shape index (κ1) is 23.7. The average molecular weight is 420 g/mol. The van der Waals surface area contributed by atoms with Gasteiger partial charge >= 0.3 is 0 Å². The lowest BCUT2D eigenvalue weighted by Crippen LogP contribution is -2.44. The van der Waals surface area contributed by atoms with E-state index in [0.717, 1.165) is 30.2 Å². The molecule has 1 aliphatic heterocycles. The van der Waals surface area contributed by atoms with E-state index < -0.39 is 0 Å². The maximum atomic E-state index is 12.9. The van der Waals surface area contributed by atoms with Gasteiger partial charge in [0.05, 0.1) is 5.69 Å². The van der Waals surface area contributed by atoms with Crippen LogP contribution in [0.1, 0.15) is 59.8 Å². The van der Waals surface area contributed by atoms with Crippen LogP contribution in [0.2, 0.25) is 0 Å². The minimum absolute atomic E-state index is 0.00937. The monoisotopic (exact) mass is 419 g/mol. The fourth-order valence-electron chi connectivity index (χ4n) is 3.52. The van der Waals surface area contributed by atoms with Crippen LogP contribution in [0, 0.1) is 0 Å². The number of unbranched alkanes of at least 4 members (excludes halogenated alkanes) is 2. The number of rotatable bonds is 11. The summed E-state index contributed by atoms with van der Waals surface area (Å²) in [6, 6.07) is 7.88. The average Bonchev–Trinajstić information content (AvgIpc) is 2.76. The highest BCUT2D eigenvalue weighted by Crippen LogP contribution is 2.43. The van der Waals surface area contributed by atoms with Gasteiger partial charge in [0.25, 0.3) is 0 Å². The molecule has 0 atom stereocenters. The van der Waals surface area contributed by atoms with Crippen molar-refractivity contribution in [2.75, 3.05) is 37.6 Å².